The van der Waals surface area contributed by atoms with Gasteiger partial charge in [-0.1, -0.05) is 56.9 Å². The Morgan fingerprint density at radius 1 is 1.00 bits per heavy atom. The summed E-state index contributed by atoms with van der Waals surface area (Å²) in [6.07, 6.45) is 15.2. The van der Waals surface area contributed by atoms with Crippen molar-refractivity contribution in [2.75, 3.05) is 0 Å². The summed E-state index contributed by atoms with van der Waals surface area (Å²) in [4.78, 5) is 0. The second kappa shape index (κ2) is 8.24. The molecule has 1 aliphatic carbocycles. The number of benzene rings is 1. The molecule has 0 amide bonds. The Morgan fingerprint density at radius 2 is 1.65 bits per heavy atom. The third-order valence-electron chi connectivity index (χ3n) is 4.57. The number of hydrogen-bond donors (Lipinski definition) is 0. The van der Waals surface area contributed by atoms with Crippen molar-refractivity contribution in [2.24, 2.45) is 11.8 Å². The second-order valence-electron chi connectivity index (χ2n) is 6.21. The Bertz CT molecular complexity index is 396. The van der Waals surface area contributed by atoms with E-state index in [0.29, 0.717) is 0 Å². The van der Waals surface area contributed by atoms with Gasteiger partial charge in [0.2, 0.25) is 0 Å². The van der Waals surface area contributed by atoms with Gasteiger partial charge in [0.15, 0.2) is 0 Å². The highest BCUT2D eigenvalue weighted by atomic mass is 19.1. The van der Waals surface area contributed by atoms with Crippen LogP contribution in [0.4, 0.5) is 4.39 Å². The van der Waals surface area contributed by atoms with Crippen LogP contribution >= 0.6 is 0 Å². The summed E-state index contributed by atoms with van der Waals surface area (Å²) in [5, 5.41) is 0. The van der Waals surface area contributed by atoms with E-state index in [1.54, 1.807) is 0 Å². The molecule has 0 bridgehead atoms. The van der Waals surface area contributed by atoms with Crippen molar-refractivity contribution in [3.63, 3.8) is 0 Å². The van der Waals surface area contributed by atoms with Gasteiger partial charge in [-0.05, 0) is 55.2 Å². The zero-order valence-electron chi connectivity index (χ0n) is 12.7. The lowest BCUT2D eigenvalue weighted by molar-refractivity contribution is 0.263. The number of rotatable bonds is 6. The van der Waals surface area contributed by atoms with Crippen molar-refractivity contribution in [1.29, 1.82) is 0 Å². The van der Waals surface area contributed by atoms with E-state index >= 15 is 0 Å². The zero-order valence-corrected chi connectivity index (χ0v) is 12.7. The molecule has 0 saturated heterocycles. The predicted octanol–water partition coefficient (Wildman–Crippen LogP) is 5.92. The fraction of sp³-hybridized carbons (Fsp3) is 0.579. The van der Waals surface area contributed by atoms with Crippen LogP contribution in [0.3, 0.4) is 0 Å². The maximum atomic E-state index is 12.8. The Labute approximate surface area is 123 Å². The normalized spacial score (nSPS) is 23.3. The van der Waals surface area contributed by atoms with Crippen molar-refractivity contribution in [3.05, 3.63) is 47.8 Å². The number of halogens is 1. The molecule has 1 aromatic rings. The van der Waals surface area contributed by atoms with Crippen LogP contribution < -0.4 is 0 Å². The van der Waals surface area contributed by atoms with Crippen LogP contribution in [0.25, 0.3) is 0 Å². The van der Waals surface area contributed by atoms with E-state index in [-0.39, 0.29) is 5.82 Å². The zero-order chi connectivity index (χ0) is 14.2. The minimum Gasteiger partial charge on any atom is -0.207 e. The van der Waals surface area contributed by atoms with E-state index in [0.717, 1.165) is 18.3 Å². The van der Waals surface area contributed by atoms with E-state index in [4.69, 9.17) is 0 Å². The van der Waals surface area contributed by atoms with E-state index in [2.05, 4.69) is 19.1 Å². The summed E-state index contributed by atoms with van der Waals surface area (Å²) in [6.45, 7) is 2.30. The largest absolute Gasteiger partial charge is 0.207 e. The van der Waals surface area contributed by atoms with Gasteiger partial charge < -0.3 is 0 Å². The van der Waals surface area contributed by atoms with E-state index in [1.165, 1.54) is 62.6 Å². The first-order valence-corrected chi connectivity index (χ1v) is 8.17. The van der Waals surface area contributed by atoms with Gasteiger partial charge in [0.25, 0.3) is 0 Å². The first-order chi connectivity index (χ1) is 9.78. The quantitative estimate of drug-likeness (QED) is 0.565. The molecule has 0 nitrogen and oxygen atoms in total. The maximum absolute atomic E-state index is 12.8. The molecule has 20 heavy (non-hydrogen) atoms. The molecule has 0 spiro atoms. The summed E-state index contributed by atoms with van der Waals surface area (Å²) >= 11 is 0. The molecule has 1 aliphatic rings. The van der Waals surface area contributed by atoms with Crippen LogP contribution in [0.2, 0.25) is 0 Å². The maximum Gasteiger partial charge on any atom is 0.123 e. The van der Waals surface area contributed by atoms with Crippen LogP contribution in [0.1, 0.15) is 57.4 Å². The fourth-order valence-electron chi connectivity index (χ4n) is 3.29. The summed E-state index contributed by atoms with van der Waals surface area (Å²) in [5.74, 6) is 1.74. The third-order valence-corrected chi connectivity index (χ3v) is 4.57. The molecule has 1 saturated carbocycles. The fourth-order valence-corrected chi connectivity index (χ4v) is 3.29. The standard InChI is InChI=1S/C19H27F/c1-2-5-16-8-10-17(11-9-16)6-3-4-7-18-12-14-19(20)15-13-18/h3-4,12-17H,2,5-11H2,1H3. The molecule has 0 aliphatic heterocycles. The first kappa shape index (κ1) is 15.3. The average molecular weight is 274 g/mol. The van der Waals surface area contributed by atoms with Gasteiger partial charge in [-0.3, -0.25) is 0 Å². The molecule has 0 atom stereocenters. The van der Waals surface area contributed by atoms with E-state index < -0.39 is 0 Å². The Kier molecular flexibility index (Phi) is 6.29. The van der Waals surface area contributed by atoms with Gasteiger partial charge in [-0.25, -0.2) is 4.39 Å². The molecule has 1 fully saturated rings. The molecule has 110 valence electrons. The molecule has 2 rings (SSSR count). The third kappa shape index (κ3) is 5.11. The van der Waals surface area contributed by atoms with Crippen LogP contribution in [0.15, 0.2) is 36.4 Å². The monoisotopic (exact) mass is 274 g/mol. The number of allylic oxidation sites excluding steroid dienone is 2. The SMILES string of the molecule is CCCC1CCC(CC=CCc2ccc(F)cc2)CC1. The van der Waals surface area contributed by atoms with E-state index in [9.17, 15) is 4.39 Å². The minimum absolute atomic E-state index is 0.151. The molecule has 0 heterocycles. The first-order valence-electron chi connectivity index (χ1n) is 8.17. The minimum atomic E-state index is -0.151. The highest BCUT2D eigenvalue weighted by Gasteiger charge is 2.19. The molecule has 1 aromatic carbocycles. The number of hydrogen-bond acceptors (Lipinski definition) is 0. The van der Waals surface area contributed by atoms with Gasteiger partial charge in [0.05, 0.1) is 0 Å². The summed E-state index contributed by atoms with van der Waals surface area (Å²) in [7, 11) is 0. The van der Waals surface area contributed by atoms with Gasteiger partial charge in [0.1, 0.15) is 5.82 Å². The summed E-state index contributed by atoms with van der Waals surface area (Å²) in [5.41, 5.74) is 1.19. The highest BCUT2D eigenvalue weighted by molar-refractivity contribution is 5.18. The highest BCUT2D eigenvalue weighted by Crippen LogP contribution is 2.33. The van der Waals surface area contributed by atoms with Crippen LogP contribution in [-0.2, 0) is 6.42 Å². The molecular weight excluding hydrogens is 247 g/mol. The molecule has 1 heteroatoms. The molecule has 0 radical (unpaired) electrons. The topological polar surface area (TPSA) is 0 Å². The summed E-state index contributed by atoms with van der Waals surface area (Å²) < 4.78 is 12.8. The van der Waals surface area contributed by atoms with Gasteiger partial charge in [-0.15, -0.1) is 0 Å². The van der Waals surface area contributed by atoms with Crippen molar-refractivity contribution in [2.45, 2.75) is 58.3 Å². The Balaban J connectivity index is 1.65. The van der Waals surface area contributed by atoms with Crippen LogP contribution in [0, 0.1) is 17.7 Å². The second-order valence-corrected chi connectivity index (χ2v) is 6.21. The molecule has 0 unspecified atom stereocenters. The smallest absolute Gasteiger partial charge is 0.123 e. The van der Waals surface area contributed by atoms with Crippen molar-refractivity contribution < 1.29 is 4.39 Å². The van der Waals surface area contributed by atoms with Crippen LogP contribution in [0.5, 0.6) is 0 Å². The molecule has 0 N–H and O–H groups in total. The lowest BCUT2D eigenvalue weighted by Gasteiger charge is -2.27. The van der Waals surface area contributed by atoms with Crippen molar-refractivity contribution in [3.8, 4) is 0 Å². The Hall–Kier alpha value is -1.11. The van der Waals surface area contributed by atoms with Gasteiger partial charge in [0, 0.05) is 0 Å². The van der Waals surface area contributed by atoms with Gasteiger partial charge >= 0.3 is 0 Å². The van der Waals surface area contributed by atoms with Gasteiger partial charge in [-0.2, -0.15) is 0 Å². The van der Waals surface area contributed by atoms with Crippen molar-refractivity contribution in [1.82, 2.24) is 0 Å². The average Bonchev–Trinajstić information content (AvgIpc) is 2.47. The molecule has 0 aromatic heterocycles. The lowest BCUT2D eigenvalue weighted by atomic mass is 9.79. The van der Waals surface area contributed by atoms with Crippen LogP contribution in [-0.4, -0.2) is 0 Å². The Morgan fingerprint density at radius 3 is 2.30 bits per heavy atom. The predicted molar refractivity (Wildman–Crippen MR) is 84.2 cm³/mol. The van der Waals surface area contributed by atoms with Crippen molar-refractivity contribution >= 4 is 0 Å². The summed E-state index contributed by atoms with van der Waals surface area (Å²) in [6, 6.07) is 6.82. The van der Waals surface area contributed by atoms with E-state index in [1.807, 2.05) is 12.1 Å². The lowest BCUT2D eigenvalue weighted by Crippen LogP contribution is -2.13. The molecular formula is C19H27F.